The van der Waals surface area contributed by atoms with Crippen molar-refractivity contribution >= 4 is 27.3 Å². The number of aliphatic carboxylic acids is 1. The van der Waals surface area contributed by atoms with E-state index in [0.29, 0.717) is 17.8 Å². The highest BCUT2D eigenvalue weighted by Gasteiger charge is 2.32. The van der Waals surface area contributed by atoms with E-state index in [-0.39, 0.29) is 23.1 Å². The Kier molecular flexibility index (Phi) is 4.42. The van der Waals surface area contributed by atoms with Crippen LogP contribution in [0.1, 0.15) is 24.1 Å². The summed E-state index contributed by atoms with van der Waals surface area (Å²) in [6.07, 6.45) is 1.37. The first kappa shape index (κ1) is 15.0. The molecule has 1 fully saturated rings. The van der Waals surface area contributed by atoms with Gasteiger partial charge in [-0.05, 0) is 30.9 Å². The fraction of sp³-hybridized carbons (Fsp3) is 0.500. The van der Waals surface area contributed by atoms with Crippen LogP contribution in [0.2, 0.25) is 0 Å². The van der Waals surface area contributed by atoms with E-state index < -0.39 is 16.0 Å². The number of carboxylic acid groups (broad SMARTS) is 1. The van der Waals surface area contributed by atoms with Crippen molar-refractivity contribution in [2.24, 2.45) is 5.92 Å². The third-order valence-corrected chi connectivity index (χ3v) is 6.55. The van der Waals surface area contributed by atoms with Gasteiger partial charge in [0.15, 0.2) is 0 Å². The van der Waals surface area contributed by atoms with Crippen molar-refractivity contribution in [3.63, 3.8) is 0 Å². The summed E-state index contributed by atoms with van der Waals surface area (Å²) in [4.78, 5) is 11.1. The molecule has 2 rings (SSSR count). The summed E-state index contributed by atoms with van der Waals surface area (Å²) >= 11 is 0.942. The fourth-order valence-corrected chi connectivity index (χ4v) is 5.12. The van der Waals surface area contributed by atoms with Crippen molar-refractivity contribution in [1.29, 1.82) is 5.26 Å². The second kappa shape index (κ2) is 5.91. The van der Waals surface area contributed by atoms with Crippen molar-refractivity contribution in [3.8, 4) is 6.07 Å². The maximum atomic E-state index is 12.4. The van der Waals surface area contributed by atoms with Crippen LogP contribution < -0.4 is 0 Å². The SMILES string of the molecule is N#Cc1ccc(S(=O)(=O)N2CCCC(CC(=O)O)C2)s1. The molecule has 1 N–H and O–H groups in total. The highest BCUT2D eigenvalue weighted by atomic mass is 32.2. The van der Waals surface area contributed by atoms with Crippen LogP contribution in [0.25, 0.3) is 0 Å². The minimum absolute atomic E-state index is 0.0140. The predicted molar refractivity (Wildman–Crippen MR) is 72.8 cm³/mol. The van der Waals surface area contributed by atoms with E-state index >= 15 is 0 Å². The summed E-state index contributed by atoms with van der Waals surface area (Å²) in [6.45, 7) is 0.632. The van der Waals surface area contributed by atoms with Gasteiger partial charge in [-0.2, -0.15) is 9.57 Å². The maximum Gasteiger partial charge on any atom is 0.303 e. The Hall–Kier alpha value is -1.43. The Bertz CT molecular complexity index is 645. The van der Waals surface area contributed by atoms with Gasteiger partial charge >= 0.3 is 5.97 Å². The van der Waals surface area contributed by atoms with Crippen LogP contribution in [-0.4, -0.2) is 36.9 Å². The molecule has 1 aromatic heterocycles. The van der Waals surface area contributed by atoms with E-state index in [1.165, 1.54) is 16.4 Å². The second-order valence-corrected chi connectivity index (χ2v) is 7.95. The molecule has 0 spiro atoms. The zero-order valence-electron chi connectivity index (χ0n) is 10.7. The number of rotatable bonds is 4. The second-order valence-electron chi connectivity index (χ2n) is 4.70. The summed E-state index contributed by atoms with van der Waals surface area (Å²) in [5.74, 6) is -1.05. The maximum absolute atomic E-state index is 12.4. The number of nitrogens with zero attached hydrogens (tertiary/aromatic N) is 2. The summed E-state index contributed by atoms with van der Waals surface area (Å²) in [5, 5.41) is 17.6. The quantitative estimate of drug-likeness (QED) is 0.908. The summed E-state index contributed by atoms with van der Waals surface area (Å²) in [5.41, 5.74) is 0. The minimum Gasteiger partial charge on any atom is -0.481 e. The number of nitriles is 1. The zero-order chi connectivity index (χ0) is 14.8. The molecule has 1 aliphatic rings. The molecule has 1 atom stereocenters. The molecule has 8 heteroatoms. The van der Waals surface area contributed by atoms with Crippen LogP contribution in [0.4, 0.5) is 0 Å². The molecule has 0 aromatic carbocycles. The molecule has 20 heavy (non-hydrogen) atoms. The third-order valence-electron chi connectivity index (χ3n) is 3.23. The third kappa shape index (κ3) is 3.17. The zero-order valence-corrected chi connectivity index (χ0v) is 12.3. The van der Waals surface area contributed by atoms with Gasteiger partial charge < -0.3 is 5.11 Å². The number of thiophene rings is 1. The van der Waals surface area contributed by atoms with E-state index in [9.17, 15) is 13.2 Å². The van der Waals surface area contributed by atoms with Crippen LogP contribution in [0, 0.1) is 17.2 Å². The van der Waals surface area contributed by atoms with Crippen LogP contribution in [0.15, 0.2) is 16.3 Å². The lowest BCUT2D eigenvalue weighted by Gasteiger charge is -2.30. The first-order valence-corrected chi connectivity index (χ1v) is 8.41. The van der Waals surface area contributed by atoms with Crippen molar-refractivity contribution in [1.82, 2.24) is 4.31 Å². The molecular weight excluding hydrogens is 300 g/mol. The van der Waals surface area contributed by atoms with Gasteiger partial charge in [0.05, 0.1) is 0 Å². The number of carbonyl (C=O) groups is 1. The molecule has 0 bridgehead atoms. The van der Waals surface area contributed by atoms with Crippen LogP contribution >= 0.6 is 11.3 Å². The van der Waals surface area contributed by atoms with Gasteiger partial charge in [-0.3, -0.25) is 4.79 Å². The Morgan fingerprint density at radius 1 is 1.55 bits per heavy atom. The number of carboxylic acids is 1. The van der Waals surface area contributed by atoms with E-state index in [2.05, 4.69) is 0 Å². The van der Waals surface area contributed by atoms with Crippen LogP contribution in [0.5, 0.6) is 0 Å². The number of piperidine rings is 1. The Morgan fingerprint density at radius 3 is 2.90 bits per heavy atom. The fourth-order valence-electron chi connectivity index (χ4n) is 2.30. The van der Waals surface area contributed by atoms with Crippen LogP contribution in [0.3, 0.4) is 0 Å². The van der Waals surface area contributed by atoms with Gasteiger partial charge in [0.25, 0.3) is 10.0 Å². The molecule has 1 aliphatic heterocycles. The normalized spacial score (nSPS) is 20.4. The van der Waals surface area contributed by atoms with E-state index in [1.54, 1.807) is 0 Å². The highest BCUT2D eigenvalue weighted by molar-refractivity contribution is 7.91. The van der Waals surface area contributed by atoms with Gasteiger partial charge in [0.2, 0.25) is 0 Å². The topological polar surface area (TPSA) is 98.5 Å². The number of hydrogen-bond donors (Lipinski definition) is 1. The molecule has 0 aliphatic carbocycles. The van der Waals surface area contributed by atoms with Crippen molar-refractivity contribution in [3.05, 3.63) is 17.0 Å². The lowest BCUT2D eigenvalue weighted by Crippen LogP contribution is -2.40. The monoisotopic (exact) mass is 314 g/mol. The van der Waals surface area contributed by atoms with Gasteiger partial charge in [-0.1, -0.05) is 0 Å². The van der Waals surface area contributed by atoms with Gasteiger partial charge in [-0.15, -0.1) is 11.3 Å². The van der Waals surface area contributed by atoms with Crippen molar-refractivity contribution in [2.75, 3.05) is 13.1 Å². The Morgan fingerprint density at radius 2 is 2.30 bits per heavy atom. The molecular formula is C12H14N2O4S2. The molecule has 108 valence electrons. The van der Waals surface area contributed by atoms with Crippen molar-refractivity contribution < 1.29 is 18.3 Å². The molecule has 1 aromatic rings. The molecule has 0 amide bonds. The largest absolute Gasteiger partial charge is 0.481 e. The van der Waals surface area contributed by atoms with Gasteiger partial charge in [-0.25, -0.2) is 8.42 Å². The van der Waals surface area contributed by atoms with E-state index in [4.69, 9.17) is 10.4 Å². The van der Waals surface area contributed by atoms with E-state index in [1.807, 2.05) is 6.07 Å². The molecule has 1 unspecified atom stereocenters. The lowest BCUT2D eigenvalue weighted by atomic mass is 9.96. The average Bonchev–Trinajstić information content (AvgIpc) is 2.87. The standard InChI is InChI=1S/C12H14N2O4S2/c13-7-10-3-4-12(19-10)20(17,18)14-5-1-2-9(8-14)6-11(15)16/h3-4,9H,1-2,5-6,8H2,(H,15,16). The first-order valence-electron chi connectivity index (χ1n) is 6.15. The predicted octanol–water partition coefficient (Wildman–Crippen LogP) is 1.50. The summed E-state index contributed by atoms with van der Waals surface area (Å²) < 4.78 is 26.3. The summed E-state index contributed by atoms with van der Waals surface area (Å²) in [6, 6.07) is 4.83. The summed E-state index contributed by atoms with van der Waals surface area (Å²) in [7, 11) is -3.61. The molecule has 1 saturated heterocycles. The van der Waals surface area contributed by atoms with Gasteiger partial charge in [0, 0.05) is 19.5 Å². The van der Waals surface area contributed by atoms with Crippen molar-refractivity contribution in [2.45, 2.75) is 23.5 Å². The van der Waals surface area contributed by atoms with Gasteiger partial charge in [0.1, 0.15) is 15.2 Å². The lowest BCUT2D eigenvalue weighted by molar-refractivity contribution is -0.138. The number of sulfonamides is 1. The average molecular weight is 314 g/mol. The van der Waals surface area contributed by atoms with E-state index in [0.717, 1.165) is 17.8 Å². The minimum atomic E-state index is -3.61. The molecule has 0 radical (unpaired) electrons. The van der Waals surface area contributed by atoms with Crippen LogP contribution in [-0.2, 0) is 14.8 Å². The molecule has 6 nitrogen and oxygen atoms in total. The smallest absolute Gasteiger partial charge is 0.303 e. The molecule has 0 saturated carbocycles. The Balaban J connectivity index is 2.17. The Labute approximate surface area is 121 Å². The first-order chi connectivity index (χ1) is 9.43. The highest BCUT2D eigenvalue weighted by Crippen LogP contribution is 2.29. The molecule has 2 heterocycles. The number of hydrogen-bond acceptors (Lipinski definition) is 5.